The van der Waals surface area contributed by atoms with Crippen LogP contribution in [0.4, 0.5) is 22.0 Å². The molecule has 0 amide bonds. The van der Waals surface area contributed by atoms with Crippen molar-refractivity contribution < 1.29 is 45.9 Å². The average molecular weight is 532 g/mol. The van der Waals surface area contributed by atoms with Crippen LogP contribution in [0.5, 0.6) is 5.75 Å². The van der Waals surface area contributed by atoms with Crippen LogP contribution >= 0.6 is 0 Å². The summed E-state index contributed by atoms with van der Waals surface area (Å²) in [7, 11) is 0. The number of unbranched alkanes of at least 4 members (excludes halogenated alkanes) is 3. The summed E-state index contributed by atoms with van der Waals surface area (Å²) >= 11 is 0. The van der Waals surface area contributed by atoms with Crippen molar-refractivity contribution in [1.82, 2.24) is 0 Å². The highest BCUT2D eigenvalue weighted by Crippen LogP contribution is 2.24. The summed E-state index contributed by atoms with van der Waals surface area (Å²) in [6.45, 7) is 2.62. The summed E-state index contributed by atoms with van der Waals surface area (Å²) in [5, 5.41) is 0. The van der Waals surface area contributed by atoms with Gasteiger partial charge in [0.1, 0.15) is 11.3 Å². The number of carbonyl (C=O) groups is 4. The molecule has 0 aliphatic carbocycles. The zero-order valence-corrected chi connectivity index (χ0v) is 20.1. The molecule has 3 aromatic rings. The predicted octanol–water partition coefficient (Wildman–Crippen LogP) is 6.47. The molecule has 0 spiro atoms. The Balaban J connectivity index is 1.70. The minimum absolute atomic E-state index is 0.0787. The van der Waals surface area contributed by atoms with Crippen LogP contribution in [-0.4, -0.2) is 29.7 Å². The normalized spacial score (nSPS) is 10.8. The minimum atomic E-state index is -2.47. The van der Waals surface area contributed by atoms with Gasteiger partial charge in [0.15, 0.2) is 23.3 Å². The maximum Gasteiger partial charge on any atom is 0.239 e. The van der Waals surface area contributed by atoms with E-state index in [1.165, 1.54) is 12.1 Å². The van der Waals surface area contributed by atoms with Crippen LogP contribution < -0.4 is 4.74 Å². The Labute approximate surface area is 214 Å². The molecule has 0 N–H and O–H groups in total. The Morgan fingerprint density at radius 1 is 0.553 bits per heavy atom. The molecule has 5 nitrogen and oxygen atoms in total. The highest BCUT2D eigenvalue weighted by molar-refractivity contribution is 6.50. The quantitative estimate of drug-likeness (QED) is 0.0667. The molecule has 0 saturated heterocycles. The van der Waals surface area contributed by atoms with E-state index in [1.807, 2.05) is 0 Å². The van der Waals surface area contributed by atoms with Gasteiger partial charge in [0.05, 0.1) is 6.61 Å². The molecule has 198 valence electrons. The molecule has 0 radical (unpaired) electrons. The third-order valence-electron chi connectivity index (χ3n) is 5.64. The summed E-state index contributed by atoms with van der Waals surface area (Å²) in [5.74, 6) is -16.9. The van der Waals surface area contributed by atoms with E-state index in [2.05, 4.69) is 6.92 Å². The van der Waals surface area contributed by atoms with E-state index in [9.17, 15) is 41.1 Å². The van der Waals surface area contributed by atoms with Crippen molar-refractivity contribution in [1.29, 1.82) is 0 Å². The molecule has 3 rings (SSSR count). The molecule has 0 aromatic heterocycles. The highest BCUT2D eigenvalue weighted by atomic mass is 19.2. The van der Waals surface area contributed by atoms with E-state index in [0.29, 0.717) is 12.4 Å². The molecular weight excluding hydrogens is 511 g/mol. The third kappa shape index (κ3) is 6.01. The summed E-state index contributed by atoms with van der Waals surface area (Å²) < 4.78 is 73.4. The Hall–Kier alpha value is -4.21. The molecule has 0 atom stereocenters. The molecule has 0 fully saturated rings. The van der Waals surface area contributed by atoms with Crippen molar-refractivity contribution >= 4 is 23.1 Å². The Morgan fingerprint density at radius 2 is 0.947 bits per heavy atom. The molecular formula is C28H21F5O5. The molecule has 0 bridgehead atoms. The highest BCUT2D eigenvalue weighted by Gasteiger charge is 2.33. The molecule has 3 aromatic carbocycles. The zero-order chi connectivity index (χ0) is 28.0. The number of halogens is 5. The first kappa shape index (κ1) is 28.4. The fourth-order valence-corrected chi connectivity index (χ4v) is 3.51. The van der Waals surface area contributed by atoms with Crippen LogP contribution in [0.15, 0.2) is 48.5 Å². The molecule has 0 saturated carbocycles. The Bertz CT molecular complexity index is 1350. The number of hydrogen-bond donors (Lipinski definition) is 0. The fraction of sp³-hybridized carbons (Fsp3) is 0.214. The lowest BCUT2D eigenvalue weighted by molar-refractivity contribution is 0.0809. The molecule has 0 heterocycles. The van der Waals surface area contributed by atoms with E-state index < -0.39 is 63.3 Å². The number of hydrogen-bond acceptors (Lipinski definition) is 5. The van der Waals surface area contributed by atoms with E-state index in [-0.39, 0.29) is 11.1 Å². The first-order chi connectivity index (χ1) is 18.1. The van der Waals surface area contributed by atoms with Gasteiger partial charge in [-0.05, 0) is 30.7 Å². The van der Waals surface area contributed by atoms with Crippen molar-refractivity contribution in [2.24, 2.45) is 0 Å². The SMILES string of the molecule is CCCCCCOc1ccc(C(=O)C(=O)c2ccc(C(=O)C(=O)c3c(F)c(F)c(F)c(F)c3F)cc2)cc1. The van der Waals surface area contributed by atoms with Gasteiger partial charge in [-0.3, -0.25) is 19.2 Å². The summed E-state index contributed by atoms with van der Waals surface area (Å²) in [6.07, 6.45) is 4.13. The average Bonchev–Trinajstić information content (AvgIpc) is 2.94. The van der Waals surface area contributed by atoms with Crippen LogP contribution in [0, 0.1) is 29.1 Å². The van der Waals surface area contributed by atoms with Crippen molar-refractivity contribution in [3.05, 3.63) is 99.9 Å². The van der Waals surface area contributed by atoms with Crippen LogP contribution in [0.1, 0.15) is 74.0 Å². The number of benzene rings is 3. The summed E-state index contributed by atoms with van der Waals surface area (Å²) in [6, 6.07) is 9.81. The molecule has 0 aliphatic rings. The van der Waals surface area contributed by atoms with Gasteiger partial charge in [-0.15, -0.1) is 0 Å². The summed E-state index contributed by atoms with van der Waals surface area (Å²) in [4.78, 5) is 49.8. The van der Waals surface area contributed by atoms with Gasteiger partial charge in [0.2, 0.25) is 29.0 Å². The second kappa shape index (κ2) is 12.4. The van der Waals surface area contributed by atoms with Crippen molar-refractivity contribution in [2.45, 2.75) is 32.6 Å². The van der Waals surface area contributed by atoms with E-state index in [1.54, 1.807) is 12.1 Å². The number of ether oxygens (including phenoxy) is 1. The minimum Gasteiger partial charge on any atom is -0.494 e. The molecule has 10 heteroatoms. The monoisotopic (exact) mass is 532 g/mol. The van der Waals surface area contributed by atoms with Crippen molar-refractivity contribution in [3.63, 3.8) is 0 Å². The fourth-order valence-electron chi connectivity index (χ4n) is 3.51. The lowest BCUT2D eigenvalue weighted by Gasteiger charge is -2.08. The van der Waals surface area contributed by atoms with Gasteiger partial charge < -0.3 is 4.74 Å². The van der Waals surface area contributed by atoms with E-state index in [0.717, 1.165) is 49.9 Å². The molecule has 0 unspecified atom stereocenters. The zero-order valence-electron chi connectivity index (χ0n) is 20.1. The third-order valence-corrected chi connectivity index (χ3v) is 5.64. The van der Waals surface area contributed by atoms with Gasteiger partial charge >= 0.3 is 0 Å². The van der Waals surface area contributed by atoms with E-state index in [4.69, 9.17) is 4.74 Å². The van der Waals surface area contributed by atoms with Gasteiger partial charge in [-0.25, -0.2) is 22.0 Å². The topological polar surface area (TPSA) is 77.5 Å². The van der Waals surface area contributed by atoms with Crippen LogP contribution in [0.2, 0.25) is 0 Å². The van der Waals surface area contributed by atoms with Crippen LogP contribution in [0.25, 0.3) is 0 Å². The Morgan fingerprint density at radius 3 is 1.39 bits per heavy atom. The number of Topliss-reactive ketones (excluding diaryl/α,β-unsaturated/α-hetero) is 4. The van der Waals surface area contributed by atoms with Gasteiger partial charge in [-0.2, -0.15) is 0 Å². The number of ketones is 4. The largest absolute Gasteiger partial charge is 0.494 e. The first-order valence-corrected chi connectivity index (χ1v) is 11.6. The second-order valence-electron chi connectivity index (χ2n) is 8.27. The lowest BCUT2D eigenvalue weighted by atomic mass is 9.97. The standard InChI is InChI=1S/C28H21F5O5/c1-2-3-4-5-14-38-18-12-10-17(11-13-18)26(35)25(34)15-6-8-16(9-7-15)27(36)28(37)19-20(29)22(31)24(33)23(32)21(19)30/h6-13H,2-5,14H2,1H3. The maximum atomic E-state index is 13.9. The number of carbonyl (C=O) groups excluding carboxylic acids is 4. The maximum absolute atomic E-state index is 13.9. The summed E-state index contributed by atoms with van der Waals surface area (Å²) in [5.41, 5.74) is -2.47. The molecule has 0 aliphatic heterocycles. The molecule has 38 heavy (non-hydrogen) atoms. The smallest absolute Gasteiger partial charge is 0.239 e. The van der Waals surface area contributed by atoms with Crippen molar-refractivity contribution in [2.75, 3.05) is 6.61 Å². The van der Waals surface area contributed by atoms with Gasteiger partial charge in [-0.1, -0.05) is 50.5 Å². The first-order valence-electron chi connectivity index (χ1n) is 11.6. The van der Waals surface area contributed by atoms with E-state index >= 15 is 0 Å². The van der Waals surface area contributed by atoms with Crippen LogP contribution in [0.3, 0.4) is 0 Å². The van der Waals surface area contributed by atoms with Crippen molar-refractivity contribution in [3.8, 4) is 5.75 Å². The second-order valence-corrected chi connectivity index (χ2v) is 8.27. The Kier molecular flexibility index (Phi) is 9.22. The van der Waals surface area contributed by atoms with Gasteiger partial charge in [0, 0.05) is 16.7 Å². The predicted molar refractivity (Wildman–Crippen MR) is 126 cm³/mol. The van der Waals surface area contributed by atoms with Gasteiger partial charge in [0.25, 0.3) is 0 Å². The number of rotatable bonds is 12. The van der Waals surface area contributed by atoms with Crippen LogP contribution in [-0.2, 0) is 0 Å². The lowest BCUT2D eigenvalue weighted by Crippen LogP contribution is -2.21.